The summed E-state index contributed by atoms with van der Waals surface area (Å²) < 4.78 is 15.3. The van der Waals surface area contributed by atoms with E-state index < -0.39 is 11.6 Å². The van der Waals surface area contributed by atoms with Crippen molar-refractivity contribution in [2.45, 2.75) is 0 Å². The van der Waals surface area contributed by atoms with Gasteiger partial charge in [0.25, 0.3) is 0 Å². The number of anilines is 1. The number of benzene rings is 1. The highest BCUT2D eigenvalue weighted by Gasteiger charge is 2.15. The molecule has 0 spiro atoms. The van der Waals surface area contributed by atoms with E-state index in [1.165, 1.54) is 16.9 Å². The maximum atomic E-state index is 13.3. The number of aromatic hydroxyl groups is 1. The number of rotatable bonds is 1. The number of aryl methyl sites for hydroxylation is 1. The average Bonchev–Trinajstić information content (AvgIpc) is 2.54. The number of halogens is 2. The Balaban J connectivity index is 2.69. The number of nitrogens with two attached hydrogens (primary N) is 1. The van der Waals surface area contributed by atoms with Crippen LogP contribution in [0.3, 0.4) is 0 Å². The fourth-order valence-corrected chi connectivity index (χ4v) is 1.86. The van der Waals surface area contributed by atoms with Gasteiger partial charge in [-0.3, -0.25) is 4.68 Å². The fraction of sp³-hybridized carbons (Fsp3) is 0.100. The molecule has 0 aliphatic carbocycles. The van der Waals surface area contributed by atoms with E-state index in [2.05, 4.69) is 21.0 Å². The number of hydrogen-bond donors (Lipinski definition) is 2. The molecule has 4 nitrogen and oxygen atoms in total. The maximum Gasteiger partial charge on any atom is 0.166 e. The zero-order valence-electron chi connectivity index (χ0n) is 8.41. The average molecular weight is 286 g/mol. The van der Waals surface area contributed by atoms with Crippen molar-refractivity contribution in [3.05, 3.63) is 28.6 Å². The predicted octanol–water partition coefficient (Wildman–Crippen LogP) is 2.28. The summed E-state index contributed by atoms with van der Waals surface area (Å²) in [6.45, 7) is 0. The third-order valence-corrected chi connectivity index (χ3v) is 2.76. The zero-order chi connectivity index (χ0) is 11.9. The number of phenolic OH excluding ortho intramolecular Hbond substituents is 1. The molecule has 0 amide bonds. The molecule has 0 fully saturated rings. The normalized spacial score (nSPS) is 10.7. The van der Waals surface area contributed by atoms with Crippen molar-refractivity contribution >= 4 is 21.7 Å². The molecule has 1 aromatic heterocycles. The number of phenols is 1. The van der Waals surface area contributed by atoms with Crippen molar-refractivity contribution in [3.63, 3.8) is 0 Å². The first-order valence-electron chi connectivity index (χ1n) is 4.46. The molecule has 0 aliphatic rings. The molecule has 0 aliphatic heterocycles. The van der Waals surface area contributed by atoms with Crippen molar-refractivity contribution in [1.82, 2.24) is 9.78 Å². The Bertz CT molecular complexity index is 553. The van der Waals surface area contributed by atoms with E-state index in [0.717, 1.165) is 0 Å². The first-order valence-corrected chi connectivity index (χ1v) is 5.26. The van der Waals surface area contributed by atoms with Crippen LogP contribution in [0.5, 0.6) is 5.75 Å². The Morgan fingerprint density at radius 3 is 2.69 bits per heavy atom. The van der Waals surface area contributed by atoms with E-state index in [0.29, 0.717) is 21.4 Å². The topological polar surface area (TPSA) is 64.1 Å². The highest BCUT2D eigenvalue weighted by Crippen LogP contribution is 2.36. The van der Waals surface area contributed by atoms with Crippen LogP contribution in [0, 0.1) is 5.82 Å². The molecule has 6 heteroatoms. The van der Waals surface area contributed by atoms with Gasteiger partial charge in [0.05, 0.1) is 6.20 Å². The van der Waals surface area contributed by atoms with Gasteiger partial charge in [0.1, 0.15) is 5.82 Å². The van der Waals surface area contributed by atoms with E-state index in [4.69, 9.17) is 5.73 Å². The Morgan fingerprint density at radius 2 is 2.12 bits per heavy atom. The van der Waals surface area contributed by atoms with Gasteiger partial charge in [-0.1, -0.05) is 15.9 Å². The molecule has 1 aromatic carbocycles. The van der Waals surface area contributed by atoms with Gasteiger partial charge in [-0.2, -0.15) is 5.10 Å². The number of hydrogen-bond acceptors (Lipinski definition) is 3. The van der Waals surface area contributed by atoms with Crippen LogP contribution in [0.15, 0.2) is 22.8 Å². The van der Waals surface area contributed by atoms with Gasteiger partial charge in [-0.05, 0) is 12.1 Å². The molecule has 0 saturated heterocycles. The summed E-state index contributed by atoms with van der Waals surface area (Å²) in [7, 11) is 1.67. The molecule has 0 atom stereocenters. The van der Waals surface area contributed by atoms with Crippen molar-refractivity contribution in [2.75, 3.05) is 5.73 Å². The Kier molecular flexibility index (Phi) is 2.59. The Morgan fingerprint density at radius 1 is 1.44 bits per heavy atom. The minimum Gasteiger partial charge on any atom is -0.504 e. The van der Waals surface area contributed by atoms with Crippen LogP contribution < -0.4 is 5.73 Å². The standard InChI is InChI=1S/C10H9BrFN3O/c1-15-10(13)7(4-14-15)6-2-5(11)3-8(12)9(6)16/h2-4,16H,13H2,1H3. The lowest BCUT2D eigenvalue weighted by molar-refractivity contribution is 0.434. The van der Waals surface area contributed by atoms with Crippen LogP contribution in [-0.4, -0.2) is 14.9 Å². The second kappa shape index (κ2) is 3.79. The molecule has 0 bridgehead atoms. The van der Waals surface area contributed by atoms with E-state index in [-0.39, 0.29) is 0 Å². The van der Waals surface area contributed by atoms with E-state index >= 15 is 0 Å². The third kappa shape index (κ3) is 1.65. The lowest BCUT2D eigenvalue weighted by atomic mass is 10.1. The number of nitrogen functional groups attached to an aromatic ring is 1. The molecule has 84 valence electrons. The second-order valence-corrected chi connectivity index (χ2v) is 4.27. The molecule has 1 heterocycles. The van der Waals surface area contributed by atoms with Gasteiger partial charge in [0, 0.05) is 22.6 Å². The smallest absolute Gasteiger partial charge is 0.166 e. The van der Waals surface area contributed by atoms with Crippen LogP contribution in [0.2, 0.25) is 0 Å². The van der Waals surface area contributed by atoms with Crippen LogP contribution in [-0.2, 0) is 7.05 Å². The van der Waals surface area contributed by atoms with Gasteiger partial charge in [-0.15, -0.1) is 0 Å². The van der Waals surface area contributed by atoms with Crippen LogP contribution in [0.25, 0.3) is 11.1 Å². The summed E-state index contributed by atoms with van der Waals surface area (Å²) in [6, 6.07) is 2.77. The number of nitrogens with zero attached hydrogens (tertiary/aromatic N) is 2. The molecule has 2 rings (SSSR count). The van der Waals surface area contributed by atoms with Crippen molar-refractivity contribution in [2.24, 2.45) is 7.05 Å². The van der Waals surface area contributed by atoms with Crippen molar-refractivity contribution in [3.8, 4) is 16.9 Å². The summed E-state index contributed by atoms with van der Waals surface area (Å²) >= 11 is 3.16. The van der Waals surface area contributed by atoms with Crippen LogP contribution in [0.4, 0.5) is 10.2 Å². The first kappa shape index (κ1) is 10.9. The van der Waals surface area contributed by atoms with Gasteiger partial charge in [-0.25, -0.2) is 4.39 Å². The van der Waals surface area contributed by atoms with Crippen LogP contribution >= 0.6 is 15.9 Å². The number of aromatic nitrogens is 2. The highest BCUT2D eigenvalue weighted by molar-refractivity contribution is 9.10. The highest BCUT2D eigenvalue weighted by atomic mass is 79.9. The minimum atomic E-state index is -0.701. The summed E-state index contributed by atoms with van der Waals surface area (Å²) in [5.74, 6) is -0.761. The molecular formula is C10H9BrFN3O. The molecular weight excluding hydrogens is 277 g/mol. The van der Waals surface area contributed by atoms with E-state index in [1.807, 2.05) is 0 Å². The molecule has 3 N–H and O–H groups in total. The second-order valence-electron chi connectivity index (χ2n) is 3.35. The quantitative estimate of drug-likeness (QED) is 0.845. The summed E-state index contributed by atoms with van der Waals surface area (Å²) in [6.07, 6.45) is 1.48. The lowest BCUT2D eigenvalue weighted by Crippen LogP contribution is -1.98. The summed E-state index contributed by atoms with van der Waals surface area (Å²) in [4.78, 5) is 0. The largest absolute Gasteiger partial charge is 0.504 e. The van der Waals surface area contributed by atoms with Crippen molar-refractivity contribution < 1.29 is 9.50 Å². The van der Waals surface area contributed by atoms with E-state index in [1.54, 1.807) is 13.1 Å². The Hall–Kier alpha value is -1.56. The zero-order valence-corrected chi connectivity index (χ0v) is 9.99. The fourth-order valence-electron chi connectivity index (χ4n) is 1.43. The monoisotopic (exact) mass is 285 g/mol. The molecule has 2 aromatic rings. The first-order chi connectivity index (χ1) is 7.50. The predicted molar refractivity (Wildman–Crippen MR) is 62.4 cm³/mol. The van der Waals surface area contributed by atoms with Crippen molar-refractivity contribution in [1.29, 1.82) is 0 Å². The van der Waals surface area contributed by atoms with Crippen LogP contribution in [0.1, 0.15) is 0 Å². The van der Waals surface area contributed by atoms with Gasteiger partial charge < -0.3 is 10.8 Å². The lowest BCUT2D eigenvalue weighted by Gasteiger charge is -2.05. The molecule has 16 heavy (non-hydrogen) atoms. The Labute approximate surface area is 99.6 Å². The molecule has 0 saturated carbocycles. The molecule has 0 radical (unpaired) electrons. The van der Waals surface area contributed by atoms with Gasteiger partial charge >= 0.3 is 0 Å². The summed E-state index contributed by atoms with van der Waals surface area (Å²) in [5.41, 5.74) is 6.57. The minimum absolute atomic E-state index is 0.317. The maximum absolute atomic E-state index is 13.3. The third-order valence-electron chi connectivity index (χ3n) is 2.30. The summed E-state index contributed by atoms with van der Waals surface area (Å²) in [5, 5.41) is 13.6. The van der Waals surface area contributed by atoms with Gasteiger partial charge in [0.2, 0.25) is 0 Å². The SMILES string of the molecule is Cn1ncc(-c2cc(Br)cc(F)c2O)c1N. The van der Waals surface area contributed by atoms with E-state index in [9.17, 15) is 9.50 Å². The molecule has 0 unspecified atom stereocenters. The van der Waals surface area contributed by atoms with Gasteiger partial charge in [0.15, 0.2) is 11.6 Å².